The van der Waals surface area contributed by atoms with Crippen LogP contribution in [0.2, 0.25) is 0 Å². The molecule has 3 N–H and O–H groups in total. The minimum absolute atomic E-state index is 0.0158. The number of carbonyl (C=O) groups excluding carboxylic acids is 2. The van der Waals surface area contributed by atoms with Gasteiger partial charge in [0.2, 0.25) is 5.91 Å². The summed E-state index contributed by atoms with van der Waals surface area (Å²) < 4.78 is 10.6. The lowest BCUT2D eigenvalue weighted by molar-refractivity contribution is -0.120. The van der Waals surface area contributed by atoms with Crippen LogP contribution in [0.15, 0.2) is 18.2 Å². The van der Waals surface area contributed by atoms with Gasteiger partial charge >= 0.3 is 0 Å². The van der Waals surface area contributed by atoms with Crippen LogP contribution < -0.4 is 20.7 Å². The Morgan fingerprint density at radius 2 is 2.24 bits per heavy atom. The molecule has 2 amide bonds. The van der Waals surface area contributed by atoms with Gasteiger partial charge < -0.3 is 25.4 Å². The molecule has 3 rings (SSSR count). The highest BCUT2D eigenvalue weighted by Crippen LogP contribution is 2.30. The van der Waals surface area contributed by atoms with Crippen molar-refractivity contribution < 1.29 is 19.1 Å². The Balaban J connectivity index is 1.72. The van der Waals surface area contributed by atoms with Crippen LogP contribution in [0.3, 0.4) is 0 Å². The second kappa shape index (κ2) is 5.71. The van der Waals surface area contributed by atoms with Crippen LogP contribution in [0.1, 0.15) is 0 Å². The van der Waals surface area contributed by atoms with E-state index in [0.29, 0.717) is 30.3 Å². The highest BCUT2D eigenvalue weighted by molar-refractivity contribution is 5.98. The van der Waals surface area contributed by atoms with E-state index in [0.717, 1.165) is 0 Å². The van der Waals surface area contributed by atoms with Crippen molar-refractivity contribution in [2.45, 2.75) is 6.04 Å². The Morgan fingerprint density at radius 1 is 1.38 bits per heavy atom. The molecule has 2 aliphatic heterocycles. The third-order valence-electron chi connectivity index (χ3n) is 3.67. The molecule has 1 aromatic rings. The number of ether oxygens (including phenoxy) is 2. The van der Waals surface area contributed by atoms with Gasteiger partial charge in [0, 0.05) is 11.7 Å². The first-order valence-electron chi connectivity index (χ1n) is 6.80. The Bertz CT molecular complexity index is 575. The molecule has 112 valence electrons. The van der Waals surface area contributed by atoms with Gasteiger partial charge in [-0.1, -0.05) is 0 Å². The zero-order valence-corrected chi connectivity index (χ0v) is 11.6. The van der Waals surface area contributed by atoms with E-state index in [2.05, 4.69) is 16.0 Å². The van der Waals surface area contributed by atoms with Crippen molar-refractivity contribution in [2.24, 2.45) is 5.92 Å². The molecule has 0 aliphatic carbocycles. The zero-order valence-electron chi connectivity index (χ0n) is 11.6. The molecule has 0 saturated carbocycles. The second-order valence-electron chi connectivity index (χ2n) is 5.08. The molecule has 21 heavy (non-hydrogen) atoms. The van der Waals surface area contributed by atoms with Crippen molar-refractivity contribution in [3.8, 4) is 5.75 Å². The fourth-order valence-corrected chi connectivity index (χ4v) is 2.49. The fourth-order valence-electron chi connectivity index (χ4n) is 2.49. The molecular formula is C14H17N3O4. The third-order valence-corrected chi connectivity index (χ3v) is 3.67. The van der Waals surface area contributed by atoms with Gasteiger partial charge in [-0.2, -0.15) is 0 Å². The molecule has 1 fully saturated rings. The second-order valence-corrected chi connectivity index (χ2v) is 5.08. The molecule has 2 atom stereocenters. The molecule has 2 aliphatic rings. The van der Waals surface area contributed by atoms with E-state index < -0.39 is 0 Å². The SMILES string of the molecule is CNC1COCC1C(=O)Nc1ccc2c(c1)NC(=O)CO2. The van der Waals surface area contributed by atoms with Crippen molar-refractivity contribution in [1.29, 1.82) is 0 Å². The Labute approximate surface area is 122 Å². The highest BCUT2D eigenvalue weighted by Gasteiger charge is 2.33. The Hall–Kier alpha value is -2.12. The van der Waals surface area contributed by atoms with Gasteiger partial charge in [0.05, 0.1) is 24.8 Å². The van der Waals surface area contributed by atoms with Crippen molar-refractivity contribution in [3.05, 3.63) is 18.2 Å². The van der Waals surface area contributed by atoms with Crippen LogP contribution in [-0.4, -0.2) is 44.7 Å². The molecule has 0 radical (unpaired) electrons. The number of amides is 2. The number of carbonyl (C=O) groups is 2. The van der Waals surface area contributed by atoms with E-state index in [1.807, 2.05) is 7.05 Å². The molecule has 0 aromatic heterocycles. The number of hydrogen-bond donors (Lipinski definition) is 3. The maximum Gasteiger partial charge on any atom is 0.262 e. The Morgan fingerprint density at radius 3 is 3.05 bits per heavy atom. The van der Waals surface area contributed by atoms with E-state index in [1.54, 1.807) is 18.2 Å². The average molecular weight is 291 g/mol. The number of fused-ring (bicyclic) bond motifs is 1. The summed E-state index contributed by atoms with van der Waals surface area (Å²) >= 11 is 0. The monoisotopic (exact) mass is 291 g/mol. The highest BCUT2D eigenvalue weighted by atomic mass is 16.5. The zero-order chi connectivity index (χ0) is 14.8. The molecule has 0 spiro atoms. The van der Waals surface area contributed by atoms with Gasteiger partial charge in [-0.3, -0.25) is 9.59 Å². The number of benzene rings is 1. The predicted octanol–water partition coefficient (Wildman–Crippen LogP) is 0.190. The maximum absolute atomic E-state index is 12.3. The third kappa shape index (κ3) is 2.84. The summed E-state index contributed by atoms with van der Waals surface area (Å²) in [7, 11) is 1.81. The summed E-state index contributed by atoms with van der Waals surface area (Å²) in [5.41, 5.74) is 1.18. The molecule has 7 heteroatoms. The first-order chi connectivity index (χ1) is 10.2. The molecular weight excluding hydrogens is 274 g/mol. The number of rotatable bonds is 3. The number of likely N-dealkylation sites (N-methyl/N-ethyl adjacent to an activating group) is 1. The summed E-state index contributed by atoms with van der Waals surface area (Å²) in [5.74, 6) is 0.0713. The van der Waals surface area contributed by atoms with E-state index in [4.69, 9.17) is 9.47 Å². The van der Waals surface area contributed by atoms with Gasteiger partial charge in [0.1, 0.15) is 5.75 Å². The van der Waals surface area contributed by atoms with Crippen molar-refractivity contribution >= 4 is 23.2 Å². The van der Waals surface area contributed by atoms with E-state index in [9.17, 15) is 9.59 Å². The standard InChI is InChI=1S/C14H17N3O4/c1-15-11-6-20-5-9(11)14(19)16-8-2-3-12-10(4-8)17-13(18)7-21-12/h2-4,9,11,15H,5-7H2,1H3,(H,16,19)(H,17,18). The topological polar surface area (TPSA) is 88.7 Å². The molecule has 0 bridgehead atoms. The van der Waals surface area contributed by atoms with Crippen LogP contribution in [0.25, 0.3) is 0 Å². The molecule has 2 heterocycles. The summed E-state index contributed by atoms with van der Waals surface area (Å²) in [4.78, 5) is 23.6. The van der Waals surface area contributed by atoms with E-state index >= 15 is 0 Å². The fraction of sp³-hybridized carbons (Fsp3) is 0.429. The van der Waals surface area contributed by atoms with Crippen LogP contribution in [-0.2, 0) is 14.3 Å². The summed E-state index contributed by atoms with van der Waals surface area (Å²) in [6.07, 6.45) is 0. The normalized spacial score (nSPS) is 24.0. The molecule has 2 unspecified atom stereocenters. The van der Waals surface area contributed by atoms with Gasteiger partial charge in [0.25, 0.3) is 5.91 Å². The number of nitrogens with one attached hydrogen (secondary N) is 3. The first-order valence-corrected chi connectivity index (χ1v) is 6.80. The van der Waals surface area contributed by atoms with Gasteiger partial charge in [-0.05, 0) is 25.2 Å². The number of hydrogen-bond acceptors (Lipinski definition) is 5. The van der Waals surface area contributed by atoms with Crippen molar-refractivity contribution in [1.82, 2.24) is 5.32 Å². The summed E-state index contributed by atoms with van der Waals surface area (Å²) in [6, 6.07) is 5.18. The van der Waals surface area contributed by atoms with Gasteiger partial charge in [-0.15, -0.1) is 0 Å². The largest absolute Gasteiger partial charge is 0.482 e. The predicted molar refractivity (Wildman–Crippen MR) is 76.4 cm³/mol. The minimum atomic E-state index is -0.225. The summed E-state index contributed by atoms with van der Waals surface area (Å²) in [5, 5.41) is 8.63. The van der Waals surface area contributed by atoms with E-state index in [1.165, 1.54) is 0 Å². The van der Waals surface area contributed by atoms with Gasteiger partial charge in [-0.25, -0.2) is 0 Å². The van der Waals surface area contributed by atoms with Gasteiger partial charge in [0.15, 0.2) is 6.61 Å². The molecule has 1 aromatic carbocycles. The van der Waals surface area contributed by atoms with Crippen LogP contribution in [0.4, 0.5) is 11.4 Å². The quantitative estimate of drug-likeness (QED) is 0.740. The Kier molecular flexibility index (Phi) is 3.76. The average Bonchev–Trinajstić information content (AvgIpc) is 2.95. The van der Waals surface area contributed by atoms with E-state index in [-0.39, 0.29) is 30.4 Å². The van der Waals surface area contributed by atoms with Crippen LogP contribution in [0.5, 0.6) is 5.75 Å². The minimum Gasteiger partial charge on any atom is -0.482 e. The lowest BCUT2D eigenvalue weighted by atomic mass is 10.0. The maximum atomic E-state index is 12.3. The number of anilines is 2. The first kappa shape index (κ1) is 13.8. The lowest BCUT2D eigenvalue weighted by Crippen LogP contribution is -2.39. The van der Waals surface area contributed by atoms with Crippen LogP contribution >= 0.6 is 0 Å². The van der Waals surface area contributed by atoms with Crippen molar-refractivity contribution in [3.63, 3.8) is 0 Å². The lowest BCUT2D eigenvalue weighted by Gasteiger charge is -2.20. The molecule has 1 saturated heterocycles. The van der Waals surface area contributed by atoms with Crippen molar-refractivity contribution in [2.75, 3.05) is 37.5 Å². The summed E-state index contributed by atoms with van der Waals surface area (Å²) in [6.45, 7) is 0.951. The van der Waals surface area contributed by atoms with Crippen LogP contribution in [0, 0.1) is 5.92 Å². The molecule has 7 nitrogen and oxygen atoms in total. The smallest absolute Gasteiger partial charge is 0.262 e.